The predicted octanol–water partition coefficient (Wildman–Crippen LogP) is 22.9. The fraction of sp³-hybridized carbons (Fsp3) is 0.948. The molecular weight excluding hydrogens is 1260 g/mol. The van der Waals surface area contributed by atoms with Crippen LogP contribution in [0.5, 0.6) is 0 Å². The maximum Gasteiger partial charge on any atom is 0.472 e. The average Bonchev–Trinajstić information content (AvgIpc) is 1.42. The van der Waals surface area contributed by atoms with Gasteiger partial charge in [0.2, 0.25) is 0 Å². The van der Waals surface area contributed by atoms with Gasteiger partial charge in [-0.2, -0.15) is 0 Å². The van der Waals surface area contributed by atoms with Crippen LogP contribution in [0.2, 0.25) is 0 Å². The summed E-state index contributed by atoms with van der Waals surface area (Å²) in [5, 5.41) is 10.6. The molecule has 0 radical (unpaired) electrons. The molecule has 0 rings (SSSR count). The minimum atomic E-state index is -4.96. The summed E-state index contributed by atoms with van der Waals surface area (Å²) in [4.78, 5) is 72.9. The van der Waals surface area contributed by atoms with Crippen molar-refractivity contribution in [2.24, 2.45) is 5.92 Å². The summed E-state index contributed by atoms with van der Waals surface area (Å²) in [6.07, 6.45) is 59.6. The molecule has 17 nitrogen and oxygen atoms in total. The number of rotatable bonds is 77. The van der Waals surface area contributed by atoms with Gasteiger partial charge in [-0.1, -0.05) is 356 Å². The minimum absolute atomic E-state index is 0.107. The highest BCUT2D eigenvalue weighted by molar-refractivity contribution is 7.47. The Morgan fingerprint density at radius 2 is 0.500 bits per heavy atom. The molecule has 96 heavy (non-hydrogen) atoms. The maximum atomic E-state index is 13.1. The maximum absolute atomic E-state index is 13.1. The molecule has 0 bridgehead atoms. The van der Waals surface area contributed by atoms with E-state index in [1.807, 2.05) is 0 Å². The first-order valence-corrected chi connectivity index (χ1v) is 43.2. The molecule has 0 aliphatic rings. The van der Waals surface area contributed by atoms with Crippen LogP contribution in [0.25, 0.3) is 0 Å². The van der Waals surface area contributed by atoms with Gasteiger partial charge >= 0.3 is 39.5 Å². The highest BCUT2D eigenvalue weighted by atomic mass is 31.2. The lowest BCUT2D eigenvalue weighted by Crippen LogP contribution is -2.30. The Morgan fingerprint density at radius 3 is 0.740 bits per heavy atom. The zero-order valence-electron chi connectivity index (χ0n) is 62.5. The standard InChI is InChI=1S/C77H150O17P2/c1-6-10-13-16-19-22-25-28-31-32-33-34-37-40-43-46-53-58-63-76(81)93-72(66-87-74(79)60-55-50-44-41-38-35-29-26-23-20-17-14-11-7-2)68-91-95(83,84)89-64-71(78)65-90-96(85,86)92-69-73(67-88-75(80)61-56-51-48-47-49-54-59-70(5)9-4)94-77(82)62-57-52-45-42-39-36-30-27-24-21-18-15-12-8-3/h70-73,78H,6-69H2,1-5H3,(H,83,84)(H,85,86)/t70?,71-,72-,73-/m1/s1. The van der Waals surface area contributed by atoms with Crippen molar-refractivity contribution in [3.63, 3.8) is 0 Å². The third-order valence-electron chi connectivity index (χ3n) is 18.4. The Labute approximate surface area is 588 Å². The number of phosphoric ester groups is 2. The van der Waals surface area contributed by atoms with E-state index in [0.29, 0.717) is 25.7 Å². The van der Waals surface area contributed by atoms with Gasteiger partial charge < -0.3 is 33.8 Å². The number of hydrogen-bond acceptors (Lipinski definition) is 15. The molecule has 19 heteroatoms. The number of esters is 4. The van der Waals surface area contributed by atoms with E-state index in [0.717, 1.165) is 102 Å². The lowest BCUT2D eigenvalue weighted by Gasteiger charge is -2.21. The molecule has 3 N–H and O–H groups in total. The summed E-state index contributed by atoms with van der Waals surface area (Å²) in [6, 6.07) is 0. The van der Waals surface area contributed by atoms with E-state index in [9.17, 15) is 43.2 Å². The molecule has 6 atom stereocenters. The molecule has 0 aliphatic carbocycles. The smallest absolute Gasteiger partial charge is 0.462 e. The number of hydrogen-bond donors (Lipinski definition) is 3. The first kappa shape index (κ1) is 94.1. The molecule has 570 valence electrons. The van der Waals surface area contributed by atoms with Gasteiger partial charge in [0.05, 0.1) is 26.4 Å². The number of ether oxygens (including phenoxy) is 4. The number of aliphatic hydroxyl groups excluding tert-OH is 1. The van der Waals surface area contributed by atoms with E-state index >= 15 is 0 Å². The van der Waals surface area contributed by atoms with Crippen LogP contribution < -0.4 is 0 Å². The topological polar surface area (TPSA) is 237 Å². The molecule has 0 aliphatic heterocycles. The van der Waals surface area contributed by atoms with Gasteiger partial charge in [-0.05, 0) is 31.6 Å². The molecule has 0 fully saturated rings. The Bertz CT molecular complexity index is 1840. The average molecular weight is 1410 g/mol. The van der Waals surface area contributed by atoms with E-state index in [2.05, 4.69) is 34.6 Å². The zero-order valence-corrected chi connectivity index (χ0v) is 64.3. The Balaban J connectivity index is 5.24. The van der Waals surface area contributed by atoms with Crippen LogP contribution in [0, 0.1) is 5.92 Å². The van der Waals surface area contributed by atoms with Crippen molar-refractivity contribution in [3.8, 4) is 0 Å². The molecular formula is C77H150O17P2. The lowest BCUT2D eigenvalue weighted by molar-refractivity contribution is -0.161. The van der Waals surface area contributed by atoms with Gasteiger partial charge in [0.1, 0.15) is 19.3 Å². The van der Waals surface area contributed by atoms with Crippen LogP contribution in [-0.2, 0) is 65.4 Å². The van der Waals surface area contributed by atoms with E-state index in [1.165, 1.54) is 225 Å². The molecule has 3 unspecified atom stereocenters. The van der Waals surface area contributed by atoms with Crippen LogP contribution in [0.3, 0.4) is 0 Å². The van der Waals surface area contributed by atoms with E-state index < -0.39 is 97.5 Å². The van der Waals surface area contributed by atoms with Crippen molar-refractivity contribution >= 4 is 39.5 Å². The quantitative estimate of drug-likeness (QED) is 0.0222. The second-order valence-corrected chi connectivity index (χ2v) is 30.9. The molecule has 0 heterocycles. The molecule has 0 aromatic heterocycles. The second kappa shape index (κ2) is 70.1. The number of aliphatic hydroxyl groups is 1. The summed E-state index contributed by atoms with van der Waals surface area (Å²) in [5.41, 5.74) is 0. The monoisotopic (exact) mass is 1410 g/mol. The highest BCUT2D eigenvalue weighted by Gasteiger charge is 2.30. The van der Waals surface area contributed by atoms with E-state index in [4.69, 9.17) is 37.0 Å². The van der Waals surface area contributed by atoms with Crippen LogP contribution in [0.1, 0.15) is 407 Å². The lowest BCUT2D eigenvalue weighted by atomic mass is 10.00. The minimum Gasteiger partial charge on any atom is -0.462 e. The highest BCUT2D eigenvalue weighted by Crippen LogP contribution is 2.45. The van der Waals surface area contributed by atoms with Gasteiger partial charge in [0.15, 0.2) is 12.2 Å². The van der Waals surface area contributed by atoms with Gasteiger partial charge in [-0.25, -0.2) is 9.13 Å². The summed E-state index contributed by atoms with van der Waals surface area (Å²) >= 11 is 0. The molecule has 0 aromatic carbocycles. The van der Waals surface area contributed by atoms with Crippen LogP contribution >= 0.6 is 15.6 Å². The molecule has 0 saturated heterocycles. The molecule has 0 aromatic rings. The fourth-order valence-corrected chi connectivity index (χ4v) is 13.4. The summed E-state index contributed by atoms with van der Waals surface area (Å²) in [6.45, 7) is 7.27. The van der Waals surface area contributed by atoms with Crippen molar-refractivity contribution < 1.29 is 80.2 Å². The normalized spacial score (nSPS) is 14.2. The van der Waals surface area contributed by atoms with Gasteiger partial charge in [0, 0.05) is 25.7 Å². The summed E-state index contributed by atoms with van der Waals surface area (Å²) < 4.78 is 68.6. The Hall–Kier alpha value is -1.94. The van der Waals surface area contributed by atoms with Crippen molar-refractivity contribution in [2.75, 3.05) is 39.6 Å². The predicted molar refractivity (Wildman–Crippen MR) is 391 cm³/mol. The third kappa shape index (κ3) is 69.2. The van der Waals surface area contributed by atoms with Crippen molar-refractivity contribution in [1.29, 1.82) is 0 Å². The Morgan fingerprint density at radius 1 is 0.292 bits per heavy atom. The number of carbonyl (C=O) groups excluding carboxylic acids is 4. The van der Waals surface area contributed by atoms with E-state index in [1.54, 1.807) is 0 Å². The number of unbranched alkanes of at least 4 members (excludes halogenated alkanes) is 48. The van der Waals surface area contributed by atoms with Crippen LogP contribution in [-0.4, -0.2) is 96.7 Å². The van der Waals surface area contributed by atoms with Gasteiger partial charge in [-0.15, -0.1) is 0 Å². The zero-order chi connectivity index (χ0) is 70.5. The van der Waals surface area contributed by atoms with Gasteiger partial charge in [-0.3, -0.25) is 37.3 Å². The SMILES string of the molecule is CCCCCCCCCCCCCCCCCCCCC(=O)O[C@H](COC(=O)CCCCCCCCCCCCCCCC)COP(=O)(O)OC[C@@H](O)COP(=O)(O)OC[C@@H](COC(=O)CCCCCCCCC(C)CC)OC(=O)CCCCCCCCCCCCCCCC. The second-order valence-electron chi connectivity index (χ2n) is 28.0. The fourth-order valence-electron chi connectivity index (χ4n) is 11.8. The first-order chi connectivity index (χ1) is 46.6. The number of phosphoric acid groups is 2. The molecule has 0 amide bonds. The van der Waals surface area contributed by atoms with E-state index in [-0.39, 0.29) is 25.7 Å². The van der Waals surface area contributed by atoms with Gasteiger partial charge in [0.25, 0.3) is 0 Å². The first-order valence-electron chi connectivity index (χ1n) is 40.2. The van der Waals surface area contributed by atoms with Crippen molar-refractivity contribution in [3.05, 3.63) is 0 Å². The third-order valence-corrected chi connectivity index (χ3v) is 20.3. The molecule has 0 spiro atoms. The van der Waals surface area contributed by atoms with Crippen LogP contribution in [0.15, 0.2) is 0 Å². The van der Waals surface area contributed by atoms with Crippen molar-refractivity contribution in [2.45, 2.75) is 425 Å². The summed E-state index contributed by atoms with van der Waals surface area (Å²) in [7, 11) is -9.91. The Kier molecular flexibility index (Phi) is 68.7. The van der Waals surface area contributed by atoms with Crippen LogP contribution in [0.4, 0.5) is 0 Å². The number of carbonyl (C=O) groups is 4. The van der Waals surface area contributed by atoms with Crippen molar-refractivity contribution in [1.82, 2.24) is 0 Å². The largest absolute Gasteiger partial charge is 0.472 e. The molecule has 0 saturated carbocycles. The summed E-state index contributed by atoms with van der Waals surface area (Å²) in [5.74, 6) is -1.38.